The second-order valence-corrected chi connectivity index (χ2v) is 16.5. The molecule has 0 spiro atoms. The number of carboxylic acid groups (broad SMARTS) is 3. The zero-order valence-corrected chi connectivity index (χ0v) is 39.5. The van der Waals surface area contributed by atoms with Crippen LogP contribution in [0.1, 0.15) is 67.9 Å². The van der Waals surface area contributed by atoms with Crippen LogP contribution in [0.2, 0.25) is 0 Å². The molecule has 2 aliphatic rings. The van der Waals surface area contributed by atoms with Gasteiger partial charge in [-0.05, 0) is 73.6 Å². The monoisotopic (exact) mass is 1050 g/mol. The summed E-state index contributed by atoms with van der Waals surface area (Å²) < 4.78 is 105. The molecule has 27 heteroatoms. The van der Waals surface area contributed by atoms with E-state index < -0.39 is 84.3 Å². The number of nitrogens with zero attached hydrogens (tertiary/aromatic N) is 5. The number of ether oxygens (including phenoxy) is 2. The average molecular weight is 1050 g/mol. The first-order valence-electron chi connectivity index (χ1n) is 22.1. The fraction of sp³-hybridized carbons (Fsp3) is 0.362. The lowest BCUT2D eigenvalue weighted by molar-refractivity contribution is -0.193. The van der Waals surface area contributed by atoms with Gasteiger partial charge in [-0.3, -0.25) is 14.5 Å². The van der Waals surface area contributed by atoms with Crippen molar-refractivity contribution in [3.05, 3.63) is 108 Å². The Morgan fingerprint density at radius 1 is 0.716 bits per heavy atom. The Kier molecular flexibility index (Phi) is 18.5. The highest BCUT2D eigenvalue weighted by Crippen LogP contribution is 2.37. The van der Waals surface area contributed by atoms with Crippen molar-refractivity contribution in [3.63, 3.8) is 0 Å². The number of likely N-dealkylation sites (N-methyl/N-ethyl adjacent to an activating group) is 1. The van der Waals surface area contributed by atoms with Crippen LogP contribution in [0, 0.1) is 11.6 Å². The van der Waals surface area contributed by atoms with Crippen LogP contribution in [0.15, 0.2) is 79.1 Å². The maximum Gasteiger partial charge on any atom is 0.490 e. The van der Waals surface area contributed by atoms with Gasteiger partial charge in [-0.2, -0.15) is 26.3 Å². The summed E-state index contributed by atoms with van der Waals surface area (Å²) in [5, 5.41) is 26.5. The van der Waals surface area contributed by atoms with Gasteiger partial charge in [0.2, 0.25) is 5.91 Å². The first kappa shape index (κ1) is 56.8. The van der Waals surface area contributed by atoms with E-state index in [4.69, 9.17) is 29.3 Å². The number of hydrogen-bond donors (Lipinski definition) is 6. The highest BCUT2D eigenvalue weighted by atomic mass is 19.4. The third-order valence-corrected chi connectivity index (χ3v) is 11.8. The van der Waals surface area contributed by atoms with Crippen molar-refractivity contribution in [1.82, 2.24) is 40.0 Å². The Morgan fingerprint density at radius 3 is 1.53 bits per heavy atom. The third-order valence-electron chi connectivity index (χ3n) is 11.8. The van der Waals surface area contributed by atoms with Crippen LogP contribution < -0.4 is 5.32 Å². The number of nitrogens with one attached hydrogen (secondary N) is 3. The number of carbonyl (C=O) groups excluding carboxylic acids is 3. The van der Waals surface area contributed by atoms with Crippen molar-refractivity contribution in [2.24, 2.45) is 0 Å². The van der Waals surface area contributed by atoms with E-state index in [2.05, 4.69) is 25.3 Å². The number of alkyl halides is 6. The lowest BCUT2D eigenvalue weighted by Gasteiger charge is -2.34. The molecule has 5 aromatic rings. The Balaban J connectivity index is 0.000000636. The molecule has 0 saturated carbocycles. The summed E-state index contributed by atoms with van der Waals surface area (Å²) in [5.74, 6) is -6.47. The number of alkyl carbamates (subject to hydrolysis) is 1. The minimum absolute atomic E-state index is 0.225. The Bertz CT molecular complexity index is 2780. The maximum absolute atomic E-state index is 15.8. The molecule has 0 radical (unpaired) electrons. The number of aromatic nitrogens is 4. The molecule has 2 aromatic heterocycles. The third kappa shape index (κ3) is 13.7. The van der Waals surface area contributed by atoms with E-state index in [1.807, 2.05) is 6.07 Å². The van der Waals surface area contributed by atoms with E-state index in [0.29, 0.717) is 78.5 Å². The van der Waals surface area contributed by atoms with Crippen LogP contribution in [0.4, 0.5) is 44.7 Å². The van der Waals surface area contributed by atoms with E-state index in [-0.39, 0.29) is 17.0 Å². The Morgan fingerprint density at radius 2 is 1.15 bits per heavy atom. The van der Waals surface area contributed by atoms with Crippen LogP contribution in [0.3, 0.4) is 0 Å². The smallest absolute Gasteiger partial charge is 0.475 e. The molecule has 0 unspecified atom stereocenters. The molecular weight excluding hydrogens is 1000 g/mol. The van der Waals surface area contributed by atoms with Crippen molar-refractivity contribution < 1.29 is 88.7 Å². The van der Waals surface area contributed by atoms with Gasteiger partial charge in [-0.25, -0.2) is 37.9 Å². The maximum atomic E-state index is 15.8. The molecule has 5 atom stereocenters. The average Bonchev–Trinajstić information content (AvgIpc) is 4.21. The number of hydrogen-bond acceptors (Lipinski definition) is 10. The highest BCUT2D eigenvalue weighted by Gasteiger charge is 2.42. The quantitative estimate of drug-likeness (QED) is 0.0646. The van der Waals surface area contributed by atoms with Gasteiger partial charge in [-0.15, -0.1) is 0 Å². The summed E-state index contributed by atoms with van der Waals surface area (Å²) in [6, 6.07) is 15.1. The summed E-state index contributed by atoms with van der Waals surface area (Å²) >= 11 is 0. The molecule has 7 rings (SSSR count). The number of benzene rings is 3. The molecule has 3 aromatic carbocycles. The largest absolute Gasteiger partial charge is 0.490 e. The zero-order valence-electron chi connectivity index (χ0n) is 39.5. The van der Waals surface area contributed by atoms with Crippen molar-refractivity contribution in [1.29, 1.82) is 0 Å². The van der Waals surface area contributed by atoms with Gasteiger partial charge in [-0.1, -0.05) is 42.5 Å². The number of H-pyrrole nitrogens is 2. The Hall–Kier alpha value is -8.10. The number of methoxy groups -OCH3 is 2. The standard InChI is InChI=1S/C43H46F2N8O7.2C2HF3O2/c1-24(59-3)37(51(2)43(57)58)41(55)53-19-9-13-35(53)39-47-23-33(49-39)29-17-15-27(21-31(29)45)26-14-16-28(30(44)20-26)32-22-46-38(48-32)34-12-8-18-52(34)40(54)36(50-42(56)60-4)25-10-6-5-7-11-25;2*3-2(4,5)1(6)7/h5-7,10-11,14-17,20-24,34-37H,8-9,12-13,18-19H2,1-4H3,(H,46,48)(H,47,49)(H,50,56)(H,57,58);2*(H,6,7)/t24-,34+,35+,36-,37+;;/m1../s1. The van der Waals surface area contributed by atoms with E-state index >= 15 is 8.78 Å². The number of rotatable bonds is 12. The second-order valence-electron chi connectivity index (χ2n) is 16.5. The topological polar surface area (TPSA) is 261 Å². The van der Waals surface area contributed by atoms with Gasteiger partial charge in [0.25, 0.3) is 5.91 Å². The fourth-order valence-electron chi connectivity index (χ4n) is 8.12. The molecule has 0 bridgehead atoms. The Labute approximate surface area is 415 Å². The lowest BCUT2D eigenvalue weighted by atomic mass is 10.00. The number of aliphatic carboxylic acids is 2. The van der Waals surface area contributed by atoms with Gasteiger partial charge in [0.1, 0.15) is 35.4 Å². The van der Waals surface area contributed by atoms with Crippen molar-refractivity contribution in [2.45, 2.75) is 75.2 Å². The minimum atomic E-state index is -5.08. The summed E-state index contributed by atoms with van der Waals surface area (Å²) in [6.07, 6.45) is -7.30. The fourth-order valence-corrected chi connectivity index (χ4v) is 8.12. The molecule has 4 heterocycles. The molecule has 0 aliphatic carbocycles. The molecule has 2 aliphatic heterocycles. The van der Waals surface area contributed by atoms with E-state index in [9.17, 15) is 50.6 Å². The van der Waals surface area contributed by atoms with Crippen LogP contribution in [0.5, 0.6) is 0 Å². The summed E-state index contributed by atoms with van der Waals surface area (Å²) in [6.45, 7) is 2.47. The number of imidazole rings is 2. The first-order chi connectivity index (χ1) is 34.8. The van der Waals surface area contributed by atoms with Gasteiger partial charge in [0, 0.05) is 38.4 Å². The molecule has 2 saturated heterocycles. The summed E-state index contributed by atoms with van der Waals surface area (Å²) in [4.78, 5) is 88.9. The number of amides is 4. The van der Waals surface area contributed by atoms with Crippen LogP contribution in [0.25, 0.3) is 33.6 Å². The van der Waals surface area contributed by atoms with Crippen molar-refractivity contribution in [2.75, 3.05) is 34.4 Å². The van der Waals surface area contributed by atoms with Gasteiger partial charge in [0.15, 0.2) is 0 Å². The summed E-state index contributed by atoms with van der Waals surface area (Å²) in [7, 11) is 3.97. The van der Waals surface area contributed by atoms with Crippen LogP contribution in [-0.4, -0.2) is 145 Å². The van der Waals surface area contributed by atoms with Crippen molar-refractivity contribution in [3.8, 4) is 33.6 Å². The minimum Gasteiger partial charge on any atom is -0.475 e. The van der Waals surface area contributed by atoms with Gasteiger partial charge >= 0.3 is 36.5 Å². The summed E-state index contributed by atoms with van der Waals surface area (Å²) in [5.41, 5.74) is 2.72. The number of carbonyl (C=O) groups is 6. The second kappa shape index (κ2) is 24.1. The predicted molar refractivity (Wildman–Crippen MR) is 242 cm³/mol. The molecule has 6 N–H and O–H groups in total. The molecule has 2 fully saturated rings. The molecule has 4 amide bonds. The molecule has 398 valence electrons. The van der Waals surface area contributed by atoms with Crippen molar-refractivity contribution >= 4 is 35.9 Å². The molecule has 19 nitrogen and oxygen atoms in total. The van der Waals surface area contributed by atoms with E-state index in [1.165, 1.54) is 45.8 Å². The van der Waals surface area contributed by atoms with Gasteiger partial charge in [0.05, 0.1) is 49.1 Å². The first-order valence-corrected chi connectivity index (χ1v) is 22.1. The molecule has 74 heavy (non-hydrogen) atoms. The SMILES string of the molecule is COC(=O)N[C@@H](C(=O)N1CCC[C@H]1c1ncc(-c2ccc(-c3ccc(-c4cnc([C@@H]5CCCN5C(=O)[C@H]([C@@H](C)OC)N(C)C(=O)O)[nH]4)c(F)c3)cc2F)[nH]1)c1ccccc1.O=C(O)C(F)(F)F.O=C(O)C(F)(F)F. The number of aromatic amines is 2. The van der Waals surface area contributed by atoms with Gasteiger partial charge < -0.3 is 49.9 Å². The highest BCUT2D eigenvalue weighted by molar-refractivity contribution is 5.88. The van der Waals surface area contributed by atoms with Crippen LogP contribution >= 0.6 is 0 Å². The van der Waals surface area contributed by atoms with E-state index in [0.717, 1.165) is 4.90 Å². The predicted octanol–water partition coefficient (Wildman–Crippen LogP) is 8.12. The zero-order chi connectivity index (χ0) is 54.8. The number of halogens is 8. The number of carboxylic acids is 2. The number of likely N-dealkylation sites (tertiary alicyclic amines) is 2. The lowest BCUT2D eigenvalue weighted by Crippen LogP contribution is -2.54. The normalized spacial score (nSPS) is 16.6. The molecular formula is C47H48F8N8O11. The van der Waals surface area contributed by atoms with E-state index in [1.54, 1.807) is 65.3 Å². The van der Waals surface area contributed by atoms with Crippen LogP contribution in [-0.2, 0) is 28.7 Å².